The Kier molecular flexibility index (Phi) is 7.18. The first-order chi connectivity index (χ1) is 17.6. The highest BCUT2D eigenvalue weighted by atomic mass is 35.5. The summed E-state index contributed by atoms with van der Waals surface area (Å²) < 4.78 is 10.7. The molecule has 192 valence electrons. The van der Waals surface area contributed by atoms with Crippen molar-refractivity contribution < 1.29 is 29.3 Å². The number of carbonyl (C=O) groups excluding carboxylic acids is 2. The molecule has 0 radical (unpaired) electrons. The minimum Gasteiger partial charge on any atom is -0.508 e. The van der Waals surface area contributed by atoms with E-state index >= 15 is 0 Å². The average Bonchev–Trinajstić information content (AvgIpc) is 3.13. The number of aliphatic hydroxyl groups is 1. The smallest absolute Gasteiger partial charge is 0.300 e. The lowest BCUT2D eigenvalue weighted by atomic mass is 9.91. The molecule has 0 aliphatic carbocycles. The monoisotopic (exact) mass is 521 g/mol. The Bertz CT molecular complexity index is 1410. The zero-order chi connectivity index (χ0) is 27.0. The number of hydrogen-bond acceptors (Lipinski definition) is 6. The van der Waals surface area contributed by atoms with Gasteiger partial charge in [-0.1, -0.05) is 37.6 Å². The van der Waals surface area contributed by atoms with Crippen molar-refractivity contribution in [2.75, 3.05) is 19.1 Å². The Morgan fingerprint density at radius 1 is 0.973 bits per heavy atom. The van der Waals surface area contributed by atoms with Gasteiger partial charge in [0.15, 0.2) is 0 Å². The van der Waals surface area contributed by atoms with Gasteiger partial charge >= 0.3 is 0 Å². The number of aromatic hydroxyl groups is 1. The van der Waals surface area contributed by atoms with E-state index in [9.17, 15) is 19.8 Å². The molecule has 3 aromatic carbocycles. The maximum Gasteiger partial charge on any atom is 0.300 e. The minimum absolute atomic E-state index is 0.0285. The van der Waals surface area contributed by atoms with Crippen LogP contribution >= 0.6 is 11.6 Å². The number of phenols is 1. The van der Waals surface area contributed by atoms with Crippen LogP contribution in [0.1, 0.15) is 48.1 Å². The van der Waals surface area contributed by atoms with Gasteiger partial charge in [0.05, 0.1) is 30.9 Å². The first-order valence-electron chi connectivity index (χ1n) is 11.7. The van der Waals surface area contributed by atoms with Gasteiger partial charge < -0.3 is 19.7 Å². The zero-order valence-electron chi connectivity index (χ0n) is 21.2. The Morgan fingerprint density at radius 2 is 1.62 bits per heavy atom. The summed E-state index contributed by atoms with van der Waals surface area (Å²) in [6.45, 7) is 5.80. The molecule has 1 heterocycles. The van der Waals surface area contributed by atoms with Crippen molar-refractivity contribution >= 4 is 34.7 Å². The van der Waals surface area contributed by atoms with Crippen LogP contribution in [0.2, 0.25) is 5.02 Å². The molecule has 4 rings (SSSR count). The summed E-state index contributed by atoms with van der Waals surface area (Å²) in [6.07, 6.45) is 0. The third-order valence-corrected chi connectivity index (χ3v) is 6.82. The number of carbonyl (C=O) groups is 2. The fourth-order valence-corrected chi connectivity index (χ4v) is 4.85. The van der Waals surface area contributed by atoms with Crippen molar-refractivity contribution in [1.82, 2.24) is 0 Å². The highest BCUT2D eigenvalue weighted by molar-refractivity contribution is 6.52. The Hall–Kier alpha value is -3.97. The maximum atomic E-state index is 13.5. The van der Waals surface area contributed by atoms with Gasteiger partial charge in [0.1, 0.15) is 23.0 Å². The molecule has 1 saturated heterocycles. The van der Waals surface area contributed by atoms with Crippen LogP contribution < -0.4 is 14.4 Å². The van der Waals surface area contributed by atoms with E-state index in [1.54, 1.807) is 50.4 Å². The van der Waals surface area contributed by atoms with Gasteiger partial charge in [-0.2, -0.15) is 0 Å². The molecule has 2 N–H and O–H groups in total. The summed E-state index contributed by atoms with van der Waals surface area (Å²) in [5, 5.41) is 21.7. The number of benzene rings is 3. The lowest BCUT2D eigenvalue weighted by Gasteiger charge is -2.26. The van der Waals surface area contributed by atoms with Crippen LogP contribution in [0.5, 0.6) is 17.2 Å². The minimum atomic E-state index is -0.964. The first-order valence-corrected chi connectivity index (χ1v) is 12.1. The summed E-state index contributed by atoms with van der Waals surface area (Å²) in [5.41, 5.74) is 2.79. The zero-order valence-corrected chi connectivity index (χ0v) is 22.0. The van der Waals surface area contributed by atoms with E-state index in [1.165, 1.54) is 30.2 Å². The molecule has 1 fully saturated rings. The van der Waals surface area contributed by atoms with Gasteiger partial charge in [-0.05, 0) is 72.0 Å². The van der Waals surface area contributed by atoms with Gasteiger partial charge in [0.2, 0.25) is 0 Å². The second-order valence-electron chi connectivity index (χ2n) is 9.14. The van der Waals surface area contributed by atoms with Gasteiger partial charge in [0.25, 0.3) is 11.7 Å². The lowest BCUT2D eigenvalue weighted by molar-refractivity contribution is -0.132. The van der Waals surface area contributed by atoms with Crippen LogP contribution in [0.15, 0.2) is 60.2 Å². The van der Waals surface area contributed by atoms with E-state index in [2.05, 4.69) is 0 Å². The third kappa shape index (κ3) is 4.62. The molecule has 1 amide bonds. The number of rotatable bonds is 6. The van der Waals surface area contributed by atoms with Gasteiger partial charge in [-0.25, -0.2) is 0 Å². The molecule has 7 nitrogen and oxygen atoms in total. The second kappa shape index (κ2) is 10.2. The highest BCUT2D eigenvalue weighted by Gasteiger charge is 2.47. The summed E-state index contributed by atoms with van der Waals surface area (Å²) in [5.74, 6) is -0.731. The molecule has 1 atom stereocenters. The summed E-state index contributed by atoms with van der Waals surface area (Å²) in [4.78, 5) is 28.2. The van der Waals surface area contributed by atoms with Crippen molar-refractivity contribution in [1.29, 1.82) is 0 Å². The van der Waals surface area contributed by atoms with Crippen LogP contribution in [-0.4, -0.2) is 36.1 Å². The van der Waals surface area contributed by atoms with Crippen molar-refractivity contribution in [3.05, 3.63) is 87.4 Å². The van der Waals surface area contributed by atoms with Crippen LogP contribution in [0.25, 0.3) is 5.76 Å². The number of ketones is 1. The fourth-order valence-electron chi connectivity index (χ4n) is 4.60. The van der Waals surface area contributed by atoms with Crippen LogP contribution in [-0.2, 0) is 9.59 Å². The molecule has 1 aliphatic rings. The quantitative estimate of drug-likeness (QED) is 0.230. The molecule has 37 heavy (non-hydrogen) atoms. The number of halogens is 1. The fraction of sp³-hybridized carbons (Fsp3) is 0.241. The molecular weight excluding hydrogens is 494 g/mol. The van der Waals surface area contributed by atoms with Crippen molar-refractivity contribution in [2.45, 2.75) is 32.7 Å². The number of Topliss-reactive ketones (excluding diaryl/α,β-unsaturated/α-hetero) is 1. The summed E-state index contributed by atoms with van der Waals surface area (Å²) >= 11 is 6.34. The highest BCUT2D eigenvalue weighted by Crippen LogP contribution is 2.44. The SMILES string of the molecule is COc1ccc(N2C(=O)C(=O)/C(=C(/O)c3cc(C(C)C)c(OC)cc3C)C2c2ccc(O)cc2)cc1Cl. The van der Waals surface area contributed by atoms with E-state index in [0.717, 1.165) is 5.56 Å². The normalized spacial score (nSPS) is 16.9. The predicted molar refractivity (Wildman–Crippen MR) is 143 cm³/mol. The largest absolute Gasteiger partial charge is 0.508 e. The van der Waals surface area contributed by atoms with Gasteiger partial charge in [-0.15, -0.1) is 0 Å². The molecule has 0 spiro atoms. The van der Waals surface area contributed by atoms with E-state index in [0.29, 0.717) is 33.9 Å². The van der Waals surface area contributed by atoms with E-state index in [-0.39, 0.29) is 28.0 Å². The van der Waals surface area contributed by atoms with E-state index < -0.39 is 17.7 Å². The number of amides is 1. The Labute approximate surface area is 220 Å². The number of phenolic OH excluding ortho intramolecular Hbond substituents is 1. The number of ether oxygens (including phenoxy) is 2. The number of aryl methyl sites for hydroxylation is 1. The summed E-state index contributed by atoms with van der Waals surface area (Å²) in [7, 11) is 3.06. The molecule has 1 unspecified atom stereocenters. The number of anilines is 1. The Balaban J connectivity index is 1.98. The summed E-state index contributed by atoms with van der Waals surface area (Å²) in [6, 6.07) is 13.5. The van der Waals surface area contributed by atoms with Crippen LogP contribution in [0.4, 0.5) is 5.69 Å². The van der Waals surface area contributed by atoms with Gasteiger partial charge in [-0.3, -0.25) is 14.5 Å². The molecule has 0 saturated carbocycles. The van der Waals surface area contributed by atoms with E-state index in [4.69, 9.17) is 21.1 Å². The number of hydrogen-bond donors (Lipinski definition) is 2. The molecule has 3 aromatic rings. The topological polar surface area (TPSA) is 96.3 Å². The predicted octanol–water partition coefficient (Wildman–Crippen LogP) is 6.12. The van der Waals surface area contributed by atoms with Crippen molar-refractivity contribution in [3.8, 4) is 17.2 Å². The standard InChI is InChI=1S/C29H28ClNO6/c1-15(2)20-14-21(16(3)12-24(20)37-5)27(33)25-26(17-6-9-19(32)10-7-17)31(29(35)28(25)34)18-8-11-23(36-4)22(30)13-18/h6-15,26,32-33H,1-5H3/b27-25+. The molecular formula is C29H28ClNO6. The van der Waals surface area contributed by atoms with Crippen LogP contribution in [0.3, 0.4) is 0 Å². The number of aliphatic hydroxyl groups excluding tert-OH is 1. The van der Waals surface area contributed by atoms with Crippen LogP contribution in [0, 0.1) is 6.92 Å². The van der Waals surface area contributed by atoms with Crippen molar-refractivity contribution in [2.24, 2.45) is 0 Å². The average molecular weight is 522 g/mol. The number of methoxy groups -OCH3 is 2. The maximum absolute atomic E-state index is 13.5. The number of nitrogens with zero attached hydrogens (tertiary/aromatic N) is 1. The van der Waals surface area contributed by atoms with Crippen molar-refractivity contribution in [3.63, 3.8) is 0 Å². The Morgan fingerprint density at radius 3 is 2.19 bits per heavy atom. The second-order valence-corrected chi connectivity index (χ2v) is 9.55. The lowest BCUT2D eigenvalue weighted by Crippen LogP contribution is -2.29. The van der Waals surface area contributed by atoms with Gasteiger partial charge in [0, 0.05) is 11.3 Å². The molecule has 0 bridgehead atoms. The first kappa shape index (κ1) is 26.1. The third-order valence-electron chi connectivity index (χ3n) is 6.52. The molecule has 1 aliphatic heterocycles. The molecule has 8 heteroatoms. The molecule has 0 aromatic heterocycles. The van der Waals surface area contributed by atoms with E-state index in [1.807, 2.05) is 13.8 Å².